The van der Waals surface area contributed by atoms with Crippen LogP contribution in [0.1, 0.15) is 28.4 Å². The Balaban J connectivity index is 2.65. The Morgan fingerprint density at radius 2 is 2.14 bits per heavy atom. The van der Waals surface area contributed by atoms with Gasteiger partial charge in [-0.1, -0.05) is 0 Å². The van der Waals surface area contributed by atoms with Gasteiger partial charge in [-0.2, -0.15) is 0 Å². The number of carbonyl (C=O) groups is 1. The van der Waals surface area contributed by atoms with Crippen LogP contribution in [0.3, 0.4) is 0 Å². The van der Waals surface area contributed by atoms with Gasteiger partial charge in [0, 0.05) is 4.88 Å². The molecular weight excluding hydrogens is 198 g/mol. The Morgan fingerprint density at radius 1 is 1.50 bits per heavy atom. The topological polar surface area (TPSA) is 49.3 Å². The highest BCUT2D eigenvalue weighted by Crippen LogP contribution is 2.16. The molecule has 0 fully saturated rings. The number of aliphatic hydroxyl groups excluding tert-OH is 1. The fourth-order valence-corrected chi connectivity index (χ4v) is 2.11. The fourth-order valence-electron chi connectivity index (χ4n) is 1.22. The Kier molecular flexibility index (Phi) is 3.80. The van der Waals surface area contributed by atoms with Crippen LogP contribution in [0.2, 0.25) is 0 Å². The summed E-state index contributed by atoms with van der Waals surface area (Å²) in [6.45, 7) is 5.32. The predicted molar refractivity (Wildman–Crippen MR) is 57.7 cm³/mol. The fraction of sp³-hybridized carbons (Fsp3) is 0.500. The average Bonchev–Trinajstić information content (AvgIpc) is 2.49. The molecule has 0 aliphatic heterocycles. The molecule has 0 spiro atoms. The molecule has 0 radical (unpaired) electrons. The first kappa shape index (κ1) is 11.4. The molecule has 4 heteroatoms. The standard InChI is InChI=1S/C10H15NO2S/c1-6-4-5-9(14-6)10(13)7(2)11-8(3)12/h4-5,7-8,11-12H,1-3H3. The molecule has 2 N–H and O–H groups in total. The lowest BCUT2D eigenvalue weighted by Crippen LogP contribution is -2.39. The first-order valence-corrected chi connectivity index (χ1v) is 5.37. The minimum absolute atomic E-state index is 0.0315. The molecule has 0 amide bonds. The van der Waals surface area contributed by atoms with Crippen molar-refractivity contribution < 1.29 is 9.90 Å². The van der Waals surface area contributed by atoms with E-state index in [9.17, 15) is 4.79 Å². The van der Waals surface area contributed by atoms with E-state index in [4.69, 9.17) is 5.11 Å². The van der Waals surface area contributed by atoms with Crippen molar-refractivity contribution in [3.8, 4) is 0 Å². The molecule has 0 aromatic carbocycles. The van der Waals surface area contributed by atoms with E-state index < -0.39 is 6.23 Å². The van der Waals surface area contributed by atoms with Gasteiger partial charge >= 0.3 is 0 Å². The van der Waals surface area contributed by atoms with E-state index in [1.54, 1.807) is 13.8 Å². The van der Waals surface area contributed by atoms with Gasteiger partial charge in [0.05, 0.1) is 10.9 Å². The third-order valence-electron chi connectivity index (χ3n) is 1.87. The number of ketones is 1. The van der Waals surface area contributed by atoms with Crippen molar-refractivity contribution in [1.82, 2.24) is 5.32 Å². The number of aryl methyl sites for hydroxylation is 1. The lowest BCUT2D eigenvalue weighted by molar-refractivity contribution is 0.0876. The van der Waals surface area contributed by atoms with Crippen LogP contribution in [0.5, 0.6) is 0 Å². The van der Waals surface area contributed by atoms with E-state index in [1.165, 1.54) is 11.3 Å². The van der Waals surface area contributed by atoms with Gasteiger partial charge in [0.2, 0.25) is 0 Å². The van der Waals surface area contributed by atoms with Crippen LogP contribution >= 0.6 is 11.3 Å². The Labute approximate surface area is 87.8 Å². The Morgan fingerprint density at radius 3 is 2.57 bits per heavy atom. The number of thiophene rings is 1. The third-order valence-corrected chi connectivity index (χ3v) is 2.88. The summed E-state index contributed by atoms with van der Waals surface area (Å²) in [6, 6.07) is 3.41. The smallest absolute Gasteiger partial charge is 0.189 e. The van der Waals surface area contributed by atoms with Crippen LogP contribution in [-0.4, -0.2) is 23.2 Å². The van der Waals surface area contributed by atoms with Crippen LogP contribution < -0.4 is 5.32 Å². The molecule has 1 aromatic heterocycles. The molecule has 1 rings (SSSR count). The molecule has 1 aromatic rings. The number of Topliss-reactive ketones (excluding diaryl/α,β-unsaturated/α-hetero) is 1. The molecule has 0 bridgehead atoms. The van der Waals surface area contributed by atoms with Crippen LogP contribution in [0.25, 0.3) is 0 Å². The van der Waals surface area contributed by atoms with Gasteiger partial charge in [-0.15, -0.1) is 11.3 Å². The summed E-state index contributed by atoms with van der Waals surface area (Å²) in [4.78, 5) is 13.6. The zero-order valence-corrected chi connectivity index (χ0v) is 9.39. The maximum atomic E-state index is 11.7. The van der Waals surface area contributed by atoms with Crippen molar-refractivity contribution in [2.24, 2.45) is 0 Å². The van der Waals surface area contributed by atoms with Crippen molar-refractivity contribution in [3.05, 3.63) is 21.9 Å². The van der Waals surface area contributed by atoms with Gasteiger partial charge in [0.1, 0.15) is 6.23 Å². The van der Waals surface area contributed by atoms with Gasteiger partial charge in [-0.3, -0.25) is 10.1 Å². The first-order chi connectivity index (χ1) is 6.50. The van der Waals surface area contributed by atoms with Crippen molar-refractivity contribution in [2.75, 3.05) is 0 Å². The number of hydrogen-bond donors (Lipinski definition) is 2. The van der Waals surface area contributed by atoms with Crippen molar-refractivity contribution in [1.29, 1.82) is 0 Å². The summed E-state index contributed by atoms with van der Waals surface area (Å²) < 4.78 is 0. The van der Waals surface area contributed by atoms with Crippen LogP contribution in [0.4, 0.5) is 0 Å². The molecule has 0 saturated heterocycles. The molecule has 78 valence electrons. The van der Waals surface area contributed by atoms with E-state index in [0.717, 1.165) is 9.75 Å². The van der Waals surface area contributed by atoms with Gasteiger partial charge < -0.3 is 5.11 Å². The largest absolute Gasteiger partial charge is 0.379 e. The molecule has 3 nitrogen and oxygen atoms in total. The third kappa shape index (κ3) is 2.90. The number of carbonyl (C=O) groups excluding carboxylic acids is 1. The number of aliphatic hydroxyl groups is 1. The van der Waals surface area contributed by atoms with Gasteiger partial charge in [0.25, 0.3) is 0 Å². The van der Waals surface area contributed by atoms with E-state index in [1.807, 2.05) is 19.1 Å². The van der Waals surface area contributed by atoms with Crippen molar-refractivity contribution in [2.45, 2.75) is 33.0 Å². The summed E-state index contributed by atoms with van der Waals surface area (Å²) in [7, 11) is 0. The number of nitrogens with one attached hydrogen (secondary N) is 1. The summed E-state index contributed by atoms with van der Waals surface area (Å²) >= 11 is 1.48. The second-order valence-electron chi connectivity index (χ2n) is 3.34. The van der Waals surface area contributed by atoms with Crippen LogP contribution in [0, 0.1) is 6.92 Å². The zero-order valence-electron chi connectivity index (χ0n) is 8.57. The second-order valence-corrected chi connectivity index (χ2v) is 4.63. The van der Waals surface area contributed by atoms with Crippen LogP contribution in [-0.2, 0) is 0 Å². The quantitative estimate of drug-likeness (QED) is 0.589. The molecule has 0 saturated carbocycles. The highest BCUT2D eigenvalue weighted by Gasteiger charge is 2.17. The van der Waals surface area contributed by atoms with Gasteiger partial charge in [-0.05, 0) is 32.9 Å². The molecule has 0 aliphatic carbocycles. The number of rotatable bonds is 4. The minimum Gasteiger partial charge on any atom is -0.379 e. The summed E-state index contributed by atoms with van der Waals surface area (Å²) in [6.07, 6.45) is -0.657. The van der Waals surface area contributed by atoms with Gasteiger partial charge in [-0.25, -0.2) is 0 Å². The summed E-state index contributed by atoms with van der Waals surface area (Å²) in [5.74, 6) is 0.0315. The van der Waals surface area contributed by atoms with E-state index in [2.05, 4.69) is 5.32 Å². The lowest BCUT2D eigenvalue weighted by Gasteiger charge is -2.13. The van der Waals surface area contributed by atoms with E-state index >= 15 is 0 Å². The zero-order chi connectivity index (χ0) is 10.7. The predicted octanol–water partition coefficient (Wildman–Crippen LogP) is 1.56. The SMILES string of the molecule is Cc1ccc(C(=O)C(C)NC(C)O)s1. The highest BCUT2D eigenvalue weighted by atomic mass is 32.1. The Bertz CT molecular complexity index is 320. The maximum Gasteiger partial charge on any atom is 0.189 e. The highest BCUT2D eigenvalue weighted by molar-refractivity contribution is 7.14. The monoisotopic (exact) mass is 213 g/mol. The Hall–Kier alpha value is -0.710. The molecule has 1 heterocycles. The second kappa shape index (κ2) is 4.68. The maximum absolute atomic E-state index is 11.7. The van der Waals surface area contributed by atoms with Crippen molar-refractivity contribution >= 4 is 17.1 Å². The summed E-state index contributed by atoms with van der Waals surface area (Å²) in [5.41, 5.74) is 0. The molecular formula is C10H15NO2S. The molecule has 2 unspecified atom stereocenters. The molecule has 14 heavy (non-hydrogen) atoms. The number of hydrogen-bond acceptors (Lipinski definition) is 4. The van der Waals surface area contributed by atoms with E-state index in [0.29, 0.717) is 0 Å². The molecule has 0 aliphatic rings. The van der Waals surface area contributed by atoms with Gasteiger partial charge in [0.15, 0.2) is 5.78 Å². The minimum atomic E-state index is -0.657. The average molecular weight is 213 g/mol. The van der Waals surface area contributed by atoms with Crippen LogP contribution in [0.15, 0.2) is 12.1 Å². The first-order valence-electron chi connectivity index (χ1n) is 4.55. The lowest BCUT2D eigenvalue weighted by atomic mass is 10.2. The van der Waals surface area contributed by atoms with E-state index in [-0.39, 0.29) is 11.8 Å². The molecule has 2 atom stereocenters. The van der Waals surface area contributed by atoms with Crippen molar-refractivity contribution in [3.63, 3.8) is 0 Å². The summed E-state index contributed by atoms with van der Waals surface area (Å²) in [5, 5.41) is 11.8. The normalized spacial score (nSPS) is 15.1.